The minimum atomic E-state index is -4.64. The van der Waals surface area contributed by atoms with Crippen molar-refractivity contribution in [2.45, 2.75) is 0 Å². The van der Waals surface area contributed by atoms with E-state index in [9.17, 15) is 0 Å². The van der Waals surface area contributed by atoms with Crippen molar-refractivity contribution in [3.8, 4) is 0 Å². The van der Waals surface area contributed by atoms with Crippen LogP contribution in [-0.4, -0.2) is 26.1 Å². The summed E-state index contributed by atoms with van der Waals surface area (Å²) in [6, 6.07) is 0. The SMILES string of the molecule is CSC(=N)N.O=P(O)(O)O. The highest BCUT2D eigenvalue weighted by Crippen LogP contribution is 2.25. The molecule has 62 valence electrons. The Morgan fingerprint density at radius 3 is 1.70 bits per heavy atom. The van der Waals surface area contributed by atoms with Crippen molar-refractivity contribution < 1.29 is 19.2 Å². The average molecular weight is 188 g/mol. The zero-order valence-corrected chi connectivity index (χ0v) is 6.89. The van der Waals surface area contributed by atoms with E-state index in [0.29, 0.717) is 0 Å². The van der Waals surface area contributed by atoms with Crippen LogP contribution < -0.4 is 5.73 Å². The molecule has 0 saturated heterocycles. The maximum Gasteiger partial charge on any atom is 0.466 e. The van der Waals surface area contributed by atoms with Crippen molar-refractivity contribution >= 4 is 24.8 Å². The Hall–Kier alpha value is -0.0700. The zero-order chi connectivity index (χ0) is 8.78. The maximum absolute atomic E-state index is 8.88. The van der Waals surface area contributed by atoms with Gasteiger partial charge in [0.1, 0.15) is 0 Å². The van der Waals surface area contributed by atoms with Crippen molar-refractivity contribution in [1.82, 2.24) is 0 Å². The first-order valence-electron chi connectivity index (χ1n) is 1.93. The lowest BCUT2D eigenvalue weighted by molar-refractivity contribution is 0.275. The summed E-state index contributed by atoms with van der Waals surface area (Å²) in [5.74, 6) is 0. The molecule has 0 fully saturated rings. The largest absolute Gasteiger partial charge is 0.466 e. The lowest BCUT2D eigenvalue weighted by Crippen LogP contribution is -2.01. The number of hydrogen-bond acceptors (Lipinski definition) is 3. The van der Waals surface area contributed by atoms with Gasteiger partial charge < -0.3 is 20.4 Å². The highest BCUT2D eigenvalue weighted by molar-refractivity contribution is 8.13. The van der Waals surface area contributed by atoms with E-state index in [1.165, 1.54) is 11.8 Å². The van der Waals surface area contributed by atoms with Crippen LogP contribution in [0.25, 0.3) is 0 Å². The molecular formula is C2H9N2O4PS. The number of hydrogen-bond donors (Lipinski definition) is 5. The van der Waals surface area contributed by atoms with Gasteiger partial charge in [-0.2, -0.15) is 0 Å². The van der Waals surface area contributed by atoms with Gasteiger partial charge in [0.15, 0.2) is 5.17 Å². The minimum Gasteiger partial charge on any atom is -0.379 e. The second kappa shape index (κ2) is 5.70. The van der Waals surface area contributed by atoms with E-state index in [0.717, 1.165) is 0 Å². The summed E-state index contributed by atoms with van der Waals surface area (Å²) in [5, 5.41) is 6.66. The van der Waals surface area contributed by atoms with Gasteiger partial charge in [-0.1, -0.05) is 11.8 Å². The number of thioether (sulfide) groups is 1. The normalized spacial score (nSPS) is 9.60. The van der Waals surface area contributed by atoms with Crippen LogP contribution in [0, 0.1) is 5.41 Å². The van der Waals surface area contributed by atoms with E-state index in [1.807, 2.05) is 0 Å². The van der Waals surface area contributed by atoms with Gasteiger partial charge in [-0.05, 0) is 6.26 Å². The number of nitrogens with two attached hydrogens (primary N) is 1. The Balaban J connectivity index is 0. The first-order chi connectivity index (χ1) is 4.27. The molecular weight excluding hydrogens is 179 g/mol. The van der Waals surface area contributed by atoms with Crippen molar-refractivity contribution in [3.05, 3.63) is 0 Å². The van der Waals surface area contributed by atoms with E-state index in [1.54, 1.807) is 6.26 Å². The number of phosphoric acid groups is 1. The van der Waals surface area contributed by atoms with E-state index >= 15 is 0 Å². The van der Waals surface area contributed by atoms with Crippen LogP contribution in [0.1, 0.15) is 0 Å². The van der Waals surface area contributed by atoms with Crippen molar-refractivity contribution in [2.24, 2.45) is 5.73 Å². The molecule has 0 saturated carbocycles. The van der Waals surface area contributed by atoms with Gasteiger partial charge in [-0.25, -0.2) is 4.57 Å². The smallest absolute Gasteiger partial charge is 0.379 e. The van der Waals surface area contributed by atoms with Crippen molar-refractivity contribution in [3.63, 3.8) is 0 Å². The molecule has 6 nitrogen and oxygen atoms in total. The standard InChI is InChI=1S/C2H6N2S.H3O4P/c1-5-2(3)4;1-5(2,3)4/h1H3,(H3,3,4);(H3,1,2,3,4). The summed E-state index contributed by atoms with van der Waals surface area (Å²) < 4.78 is 8.88. The Bertz CT molecular complexity index is 136. The van der Waals surface area contributed by atoms with Gasteiger partial charge >= 0.3 is 7.82 Å². The number of amidine groups is 1. The summed E-state index contributed by atoms with van der Waals surface area (Å²) in [6.07, 6.45) is 1.77. The molecule has 0 atom stereocenters. The molecule has 0 aliphatic rings. The summed E-state index contributed by atoms with van der Waals surface area (Å²) in [7, 11) is -4.64. The topological polar surface area (TPSA) is 128 Å². The van der Waals surface area contributed by atoms with Crippen LogP contribution in [0.3, 0.4) is 0 Å². The first-order valence-corrected chi connectivity index (χ1v) is 4.72. The minimum absolute atomic E-state index is 0.171. The lowest BCUT2D eigenvalue weighted by atomic mass is 11.4. The lowest BCUT2D eigenvalue weighted by Gasteiger charge is -1.82. The van der Waals surface area contributed by atoms with Crippen molar-refractivity contribution in [2.75, 3.05) is 6.26 Å². The van der Waals surface area contributed by atoms with Gasteiger partial charge in [0.25, 0.3) is 0 Å². The van der Waals surface area contributed by atoms with Crippen LogP contribution in [0.15, 0.2) is 0 Å². The molecule has 6 N–H and O–H groups in total. The molecule has 0 aromatic carbocycles. The zero-order valence-electron chi connectivity index (χ0n) is 5.18. The predicted molar refractivity (Wildman–Crippen MR) is 39.7 cm³/mol. The van der Waals surface area contributed by atoms with Crippen LogP contribution in [0.5, 0.6) is 0 Å². The molecule has 0 spiro atoms. The third-order valence-electron chi connectivity index (χ3n) is 0.220. The van der Waals surface area contributed by atoms with Gasteiger partial charge in [-0.15, -0.1) is 0 Å². The second-order valence-corrected chi connectivity index (χ2v) is 2.96. The van der Waals surface area contributed by atoms with E-state index in [-0.39, 0.29) is 5.17 Å². The molecule has 0 aromatic heterocycles. The van der Waals surface area contributed by atoms with Gasteiger partial charge in [0, 0.05) is 0 Å². The Labute approximate surface area is 62.2 Å². The fraction of sp³-hybridized carbons (Fsp3) is 0.500. The maximum atomic E-state index is 8.88. The first kappa shape index (κ1) is 12.6. The molecule has 0 bridgehead atoms. The van der Waals surface area contributed by atoms with Crippen LogP contribution in [0.2, 0.25) is 0 Å². The fourth-order valence-corrected chi connectivity index (χ4v) is 0. The average Bonchev–Trinajstić information content (AvgIpc) is 1.61. The fourth-order valence-electron chi connectivity index (χ4n) is 0. The molecule has 0 aliphatic heterocycles. The third kappa shape index (κ3) is 102. The van der Waals surface area contributed by atoms with Gasteiger partial charge in [0.05, 0.1) is 0 Å². The van der Waals surface area contributed by atoms with Gasteiger partial charge in [0.2, 0.25) is 0 Å². The molecule has 0 unspecified atom stereocenters. The molecule has 0 rings (SSSR count). The molecule has 0 radical (unpaired) electrons. The van der Waals surface area contributed by atoms with Crippen molar-refractivity contribution in [1.29, 1.82) is 5.41 Å². The van der Waals surface area contributed by atoms with Gasteiger partial charge in [-0.3, -0.25) is 5.41 Å². The Morgan fingerprint density at radius 2 is 1.70 bits per heavy atom. The molecule has 0 heterocycles. The number of nitrogens with one attached hydrogen (secondary N) is 1. The second-order valence-electron chi connectivity index (χ2n) is 1.08. The molecule has 0 aromatic rings. The molecule has 8 heteroatoms. The summed E-state index contributed by atoms with van der Waals surface area (Å²) in [4.78, 5) is 21.6. The quantitative estimate of drug-likeness (QED) is 0.194. The number of rotatable bonds is 0. The summed E-state index contributed by atoms with van der Waals surface area (Å²) in [5.41, 5.74) is 4.84. The predicted octanol–water partition coefficient (Wildman–Crippen LogP) is -0.686. The molecule has 10 heavy (non-hydrogen) atoms. The highest BCUT2D eigenvalue weighted by Gasteiger charge is 2.00. The van der Waals surface area contributed by atoms with E-state index in [2.05, 4.69) is 0 Å². The van der Waals surface area contributed by atoms with Crippen LogP contribution in [0.4, 0.5) is 0 Å². The Morgan fingerprint density at radius 1 is 1.60 bits per heavy atom. The highest BCUT2D eigenvalue weighted by atomic mass is 32.2. The van der Waals surface area contributed by atoms with Crippen LogP contribution >= 0.6 is 19.6 Å². The Kier molecular flexibility index (Phi) is 7.17. The van der Waals surface area contributed by atoms with Crippen LogP contribution in [-0.2, 0) is 4.57 Å². The summed E-state index contributed by atoms with van der Waals surface area (Å²) >= 11 is 1.24. The van der Waals surface area contributed by atoms with E-state index < -0.39 is 7.82 Å². The van der Waals surface area contributed by atoms with E-state index in [4.69, 9.17) is 30.4 Å². The molecule has 0 aliphatic carbocycles. The summed E-state index contributed by atoms with van der Waals surface area (Å²) in [6.45, 7) is 0. The third-order valence-corrected chi connectivity index (χ3v) is 0.660. The monoisotopic (exact) mass is 188 g/mol. The molecule has 0 amide bonds.